The standard InChI is InChI=1S/C39H42N8O3.HI/c1-28-11-16-34(24-36(28)45-38-41-19-17-35(44-38)33-10-7-18-40-25-33)43-37(48)32-14-12-30(13-15-32)26-46-20-22-47(3,23-21-46)27-50-39(49)42-29(2)31-8-5-4-6-9-31;/h4-19,24-25,29H,20-23,26-27H2,1-3H3,(H2-,41,42,43,44,45,48,49);1H. The number of alkyl carbamates (subject to hydrolysis) is 1. The van der Waals surface area contributed by atoms with Crippen LogP contribution in [0.1, 0.15) is 40.0 Å². The summed E-state index contributed by atoms with van der Waals surface area (Å²) >= 11 is 0. The second-order valence-corrected chi connectivity index (χ2v) is 13.0. The number of quaternary nitrogens is 1. The molecular formula is C39H43IN8O3. The van der Waals surface area contributed by atoms with E-state index in [0.717, 1.165) is 66.4 Å². The topological polar surface area (TPSA) is 121 Å². The maximum Gasteiger partial charge on any atom is 0.411 e. The number of nitrogens with one attached hydrogen (secondary N) is 3. The van der Waals surface area contributed by atoms with E-state index in [1.807, 2.05) is 105 Å². The quantitative estimate of drug-likeness (QED) is 0.137. The molecule has 12 heteroatoms. The van der Waals surface area contributed by atoms with Crippen LogP contribution in [0.25, 0.3) is 11.3 Å². The zero-order chi connectivity index (χ0) is 34.9. The first-order valence-electron chi connectivity index (χ1n) is 16.8. The average Bonchev–Trinajstić information content (AvgIpc) is 3.14. The molecule has 3 heterocycles. The lowest BCUT2D eigenvalue weighted by Crippen LogP contribution is -3.00. The van der Waals surface area contributed by atoms with Crippen molar-refractivity contribution in [1.29, 1.82) is 0 Å². The van der Waals surface area contributed by atoms with Crippen LogP contribution >= 0.6 is 0 Å². The van der Waals surface area contributed by atoms with E-state index in [1.54, 1.807) is 18.6 Å². The van der Waals surface area contributed by atoms with Gasteiger partial charge in [0.05, 0.1) is 31.9 Å². The predicted molar refractivity (Wildman–Crippen MR) is 195 cm³/mol. The van der Waals surface area contributed by atoms with Crippen molar-refractivity contribution >= 4 is 29.3 Å². The van der Waals surface area contributed by atoms with Crippen molar-refractivity contribution in [3.8, 4) is 11.3 Å². The summed E-state index contributed by atoms with van der Waals surface area (Å²) < 4.78 is 6.29. The summed E-state index contributed by atoms with van der Waals surface area (Å²) in [5.74, 6) is 0.269. The van der Waals surface area contributed by atoms with Crippen LogP contribution in [0.4, 0.5) is 22.1 Å². The molecule has 51 heavy (non-hydrogen) atoms. The number of pyridine rings is 1. The van der Waals surface area contributed by atoms with E-state index in [-0.39, 0.29) is 35.9 Å². The molecule has 1 unspecified atom stereocenters. The molecule has 0 aliphatic carbocycles. The van der Waals surface area contributed by atoms with Gasteiger partial charge in [-0.3, -0.25) is 19.2 Å². The normalized spacial score (nSPS) is 14.4. The molecule has 2 aromatic heterocycles. The Kier molecular flexibility index (Phi) is 12.7. The van der Waals surface area contributed by atoms with Crippen molar-refractivity contribution in [3.05, 3.63) is 132 Å². The Morgan fingerprint density at radius 2 is 1.71 bits per heavy atom. The minimum atomic E-state index is -0.399. The van der Waals surface area contributed by atoms with Gasteiger partial charge in [0.2, 0.25) is 12.7 Å². The van der Waals surface area contributed by atoms with Crippen LogP contribution in [0.2, 0.25) is 0 Å². The highest BCUT2D eigenvalue weighted by Crippen LogP contribution is 2.25. The fraction of sp³-hybridized carbons (Fsp3) is 0.256. The second kappa shape index (κ2) is 17.3. The van der Waals surface area contributed by atoms with E-state index >= 15 is 0 Å². The van der Waals surface area contributed by atoms with Crippen LogP contribution in [0.5, 0.6) is 0 Å². The van der Waals surface area contributed by atoms with E-state index in [2.05, 4.69) is 42.8 Å². The Balaban J connectivity index is 0.00000504. The molecule has 1 saturated heterocycles. The summed E-state index contributed by atoms with van der Waals surface area (Å²) in [5.41, 5.74) is 6.87. The van der Waals surface area contributed by atoms with E-state index in [4.69, 9.17) is 4.74 Å². The van der Waals surface area contributed by atoms with Crippen molar-refractivity contribution in [2.45, 2.75) is 26.4 Å². The summed E-state index contributed by atoms with van der Waals surface area (Å²) in [6.07, 6.45) is 4.79. The monoisotopic (exact) mass is 798 g/mol. The molecular weight excluding hydrogens is 755 g/mol. The molecule has 0 bridgehead atoms. The van der Waals surface area contributed by atoms with Crippen LogP contribution in [-0.4, -0.2) is 76.3 Å². The maximum atomic E-state index is 13.2. The van der Waals surface area contributed by atoms with Crippen molar-refractivity contribution in [2.24, 2.45) is 0 Å². The van der Waals surface area contributed by atoms with Gasteiger partial charge < -0.3 is 44.7 Å². The first-order valence-corrected chi connectivity index (χ1v) is 16.8. The number of carbonyl (C=O) groups is 2. The fourth-order valence-electron chi connectivity index (χ4n) is 5.81. The van der Waals surface area contributed by atoms with Gasteiger partial charge in [-0.2, -0.15) is 0 Å². The summed E-state index contributed by atoms with van der Waals surface area (Å²) in [6.45, 7) is 8.56. The molecule has 1 aliphatic rings. The number of likely N-dealkylation sites (N-methyl/N-ethyl adjacent to an activating group) is 1. The molecule has 0 spiro atoms. The third-order valence-corrected chi connectivity index (χ3v) is 9.03. The smallest absolute Gasteiger partial charge is 0.411 e. The number of ether oxygens (including phenoxy) is 1. The first kappa shape index (κ1) is 37.3. The highest BCUT2D eigenvalue weighted by atomic mass is 127. The van der Waals surface area contributed by atoms with Gasteiger partial charge in [0.1, 0.15) is 0 Å². The number of piperazine rings is 1. The van der Waals surface area contributed by atoms with Gasteiger partial charge in [-0.05, 0) is 73.0 Å². The van der Waals surface area contributed by atoms with Gasteiger partial charge in [0.15, 0.2) is 0 Å². The van der Waals surface area contributed by atoms with Crippen LogP contribution in [0.15, 0.2) is 110 Å². The molecule has 3 aromatic carbocycles. The molecule has 2 amide bonds. The second-order valence-electron chi connectivity index (χ2n) is 13.0. The summed E-state index contributed by atoms with van der Waals surface area (Å²) in [4.78, 5) is 41.2. The Morgan fingerprint density at radius 1 is 0.941 bits per heavy atom. The van der Waals surface area contributed by atoms with Gasteiger partial charge in [0.25, 0.3) is 5.91 Å². The molecule has 264 valence electrons. The zero-order valence-corrected chi connectivity index (χ0v) is 31.2. The van der Waals surface area contributed by atoms with E-state index in [9.17, 15) is 9.59 Å². The summed E-state index contributed by atoms with van der Waals surface area (Å²) in [5, 5.41) is 9.22. The number of benzene rings is 3. The third kappa shape index (κ3) is 10.3. The number of amides is 2. The summed E-state index contributed by atoms with van der Waals surface area (Å²) in [7, 11) is 2.13. The Morgan fingerprint density at radius 3 is 2.43 bits per heavy atom. The molecule has 0 radical (unpaired) electrons. The Labute approximate surface area is 316 Å². The molecule has 0 saturated carbocycles. The van der Waals surface area contributed by atoms with Crippen molar-refractivity contribution < 1.29 is 42.8 Å². The van der Waals surface area contributed by atoms with E-state index in [1.165, 1.54) is 0 Å². The molecule has 1 atom stereocenters. The number of carbonyl (C=O) groups excluding carboxylic acids is 2. The first-order chi connectivity index (χ1) is 24.2. The number of anilines is 3. The Hall–Kier alpha value is -4.92. The molecule has 1 aliphatic heterocycles. The maximum absolute atomic E-state index is 13.2. The average molecular weight is 799 g/mol. The number of halogens is 1. The largest absolute Gasteiger partial charge is 1.00 e. The van der Waals surface area contributed by atoms with Gasteiger partial charge in [0, 0.05) is 60.7 Å². The lowest BCUT2D eigenvalue weighted by atomic mass is 10.1. The molecule has 5 aromatic rings. The van der Waals surface area contributed by atoms with E-state index in [0.29, 0.717) is 28.4 Å². The lowest BCUT2D eigenvalue weighted by Gasteiger charge is -2.41. The van der Waals surface area contributed by atoms with Crippen LogP contribution in [0.3, 0.4) is 0 Å². The molecule has 11 nitrogen and oxygen atoms in total. The van der Waals surface area contributed by atoms with Crippen LogP contribution in [-0.2, 0) is 11.3 Å². The number of rotatable bonds is 11. The van der Waals surface area contributed by atoms with Gasteiger partial charge in [-0.1, -0.05) is 48.5 Å². The highest BCUT2D eigenvalue weighted by molar-refractivity contribution is 6.04. The van der Waals surface area contributed by atoms with E-state index < -0.39 is 6.09 Å². The SMILES string of the molecule is Cc1ccc(NC(=O)c2ccc(CN3CC[N+](C)(COC(=O)NC(C)c4ccccc4)CC3)cc2)cc1Nc1nccc(-c2cccnc2)n1.[I-]. The number of aromatic nitrogens is 3. The van der Waals surface area contributed by atoms with Gasteiger partial charge >= 0.3 is 6.09 Å². The molecule has 3 N–H and O–H groups in total. The number of hydrogen-bond donors (Lipinski definition) is 3. The lowest BCUT2D eigenvalue weighted by molar-refractivity contribution is -0.929. The minimum absolute atomic E-state index is 0. The summed E-state index contributed by atoms with van der Waals surface area (Å²) in [6, 6.07) is 28.8. The number of nitrogens with zero attached hydrogens (tertiary/aromatic N) is 5. The Bertz CT molecular complexity index is 1900. The molecule has 6 rings (SSSR count). The predicted octanol–water partition coefficient (Wildman–Crippen LogP) is 3.55. The third-order valence-electron chi connectivity index (χ3n) is 9.03. The van der Waals surface area contributed by atoms with Crippen molar-refractivity contribution in [2.75, 3.05) is 50.6 Å². The zero-order valence-electron chi connectivity index (χ0n) is 29.1. The van der Waals surface area contributed by atoms with Gasteiger partial charge in [-0.15, -0.1) is 0 Å². The number of hydrogen-bond acceptors (Lipinski definition) is 8. The van der Waals surface area contributed by atoms with Crippen molar-refractivity contribution in [1.82, 2.24) is 25.2 Å². The van der Waals surface area contributed by atoms with Crippen LogP contribution in [0, 0.1) is 6.92 Å². The highest BCUT2D eigenvalue weighted by Gasteiger charge is 2.30. The molecule has 1 fully saturated rings. The number of aryl methyl sites for hydroxylation is 1. The van der Waals surface area contributed by atoms with Crippen LogP contribution < -0.4 is 39.9 Å². The van der Waals surface area contributed by atoms with Gasteiger partial charge in [-0.25, -0.2) is 14.8 Å². The van der Waals surface area contributed by atoms with Crippen molar-refractivity contribution in [3.63, 3.8) is 0 Å². The fourth-order valence-corrected chi connectivity index (χ4v) is 5.81. The minimum Gasteiger partial charge on any atom is -1.00 e.